The topological polar surface area (TPSA) is 26.0 Å². The molecule has 0 heterocycles. The molecule has 0 radical (unpaired) electrons. The van der Waals surface area contributed by atoms with E-state index in [0.29, 0.717) is 5.92 Å². The molecule has 5 aromatic rings. The average Bonchev–Trinajstić information content (AvgIpc) is 3.33. The van der Waals surface area contributed by atoms with E-state index in [9.17, 15) is 0 Å². The fourth-order valence-electron chi connectivity index (χ4n) is 8.36. The lowest BCUT2D eigenvalue weighted by atomic mass is 9.79. The predicted molar refractivity (Wildman–Crippen MR) is 194 cm³/mol. The smallest absolute Gasteiger partial charge is 0.0276 e. The Morgan fingerprint density at radius 2 is 1.43 bits per heavy atom. The lowest BCUT2D eigenvalue weighted by Gasteiger charge is -2.25. The molecule has 0 fully saturated rings. The molecule has 222 valence electrons. The summed E-state index contributed by atoms with van der Waals surface area (Å²) in [5, 5.41) is 4.93. The van der Waals surface area contributed by atoms with Crippen LogP contribution in [0.25, 0.3) is 44.8 Å². The summed E-state index contributed by atoms with van der Waals surface area (Å²) >= 11 is 0. The molecule has 2 atom stereocenters. The quantitative estimate of drug-likeness (QED) is 0.222. The Hall–Kier alpha value is -5.14. The molecule has 0 bridgehead atoms. The first kappa shape index (κ1) is 27.2. The Labute approximate surface area is 271 Å². The van der Waals surface area contributed by atoms with E-state index in [2.05, 4.69) is 153 Å². The van der Waals surface area contributed by atoms with Gasteiger partial charge < -0.3 is 5.73 Å². The second kappa shape index (κ2) is 10.2. The maximum atomic E-state index is 6.99. The lowest BCUT2D eigenvalue weighted by Crippen LogP contribution is -2.36. The molecule has 46 heavy (non-hydrogen) atoms. The van der Waals surface area contributed by atoms with Gasteiger partial charge in [0.05, 0.1) is 0 Å². The maximum absolute atomic E-state index is 6.99. The van der Waals surface area contributed by atoms with Gasteiger partial charge in [0.15, 0.2) is 0 Å². The summed E-state index contributed by atoms with van der Waals surface area (Å²) in [6, 6.07) is 38.0. The SMILES string of the molecule is CC1(C)c2ccccc2-c2ccc(C3=CC4CC=C(c5ccc6ccc7c(c6c5)=C(N)C(c5ccccc5)CC=7)C=C4C=C3)cc21. The summed E-state index contributed by atoms with van der Waals surface area (Å²) in [7, 11) is 0. The summed E-state index contributed by atoms with van der Waals surface area (Å²) in [5.74, 6) is 0.598. The zero-order valence-electron chi connectivity index (χ0n) is 26.4. The fraction of sp³-hybridized carbons (Fsp3) is 0.156. The standard InChI is InChI=1S/C45H37N/c1-45(2)41-11-7-6-10-38(41)39-23-21-36(27-42(39)45)34-19-17-31-24-33(18-16-32(31)25-34)35-15-13-29-12-14-30-20-22-37(28-8-4-3-5-9-28)44(46)43(30)40(29)26-35/h3-15,17-21,23-27,32,37H,16,22,46H2,1-2H3. The van der Waals surface area contributed by atoms with E-state index in [-0.39, 0.29) is 11.3 Å². The van der Waals surface area contributed by atoms with E-state index >= 15 is 0 Å². The largest absolute Gasteiger partial charge is 0.401 e. The molecule has 5 aromatic carbocycles. The van der Waals surface area contributed by atoms with Crippen LogP contribution in [-0.4, -0.2) is 0 Å². The molecule has 0 saturated carbocycles. The van der Waals surface area contributed by atoms with Crippen LogP contribution in [0.2, 0.25) is 0 Å². The van der Waals surface area contributed by atoms with Crippen LogP contribution in [0, 0.1) is 5.92 Å². The molecule has 2 N–H and O–H groups in total. The van der Waals surface area contributed by atoms with Gasteiger partial charge in [-0.05, 0) is 96.6 Å². The van der Waals surface area contributed by atoms with Crippen molar-refractivity contribution in [1.82, 2.24) is 0 Å². The third-order valence-corrected chi connectivity index (χ3v) is 10.9. The highest BCUT2D eigenvalue weighted by molar-refractivity contribution is 5.91. The van der Waals surface area contributed by atoms with Crippen molar-refractivity contribution in [3.63, 3.8) is 0 Å². The van der Waals surface area contributed by atoms with Gasteiger partial charge in [-0.2, -0.15) is 0 Å². The van der Waals surface area contributed by atoms with Gasteiger partial charge in [-0.25, -0.2) is 0 Å². The summed E-state index contributed by atoms with van der Waals surface area (Å²) in [6.07, 6.45) is 16.2. The first-order valence-electron chi connectivity index (χ1n) is 16.6. The van der Waals surface area contributed by atoms with Gasteiger partial charge >= 0.3 is 0 Å². The van der Waals surface area contributed by atoms with Gasteiger partial charge in [-0.3, -0.25) is 0 Å². The van der Waals surface area contributed by atoms with Gasteiger partial charge in [0, 0.05) is 28.2 Å². The molecule has 0 aromatic heterocycles. The van der Waals surface area contributed by atoms with Crippen molar-refractivity contribution >= 4 is 33.7 Å². The third-order valence-electron chi connectivity index (χ3n) is 10.9. The molecule has 0 saturated heterocycles. The van der Waals surface area contributed by atoms with E-state index < -0.39 is 0 Å². The van der Waals surface area contributed by atoms with Crippen molar-refractivity contribution in [2.75, 3.05) is 0 Å². The molecule has 0 spiro atoms. The number of rotatable bonds is 3. The summed E-state index contributed by atoms with van der Waals surface area (Å²) in [6.45, 7) is 4.71. The summed E-state index contributed by atoms with van der Waals surface area (Å²) in [5.41, 5.74) is 21.4. The molecular weight excluding hydrogens is 555 g/mol. The fourth-order valence-corrected chi connectivity index (χ4v) is 8.36. The van der Waals surface area contributed by atoms with Crippen molar-refractivity contribution in [2.24, 2.45) is 11.7 Å². The minimum Gasteiger partial charge on any atom is -0.401 e. The van der Waals surface area contributed by atoms with E-state index in [4.69, 9.17) is 5.73 Å². The zero-order chi connectivity index (χ0) is 31.0. The Morgan fingerprint density at radius 1 is 0.674 bits per heavy atom. The normalized spacial score (nSPS) is 20.5. The maximum Gasteiger partial charge on any atom is 0.0276 e. The minimum atomic E-state index is 0.0104. The van der Waals surface area contributed by atoms with Crippen LogP contribution in [-0.2, 0) is 5.41 Å². The number of hydrogen-bond acceptors (Lipinski definition) is 1. The van der Waals surface area contributed by atoms with E-state index in [1.165, 1.54) is 76.9 Å². The van der Waals surface area contributed by atoms with Crippen LogP contribution in [0.5, 0.6) is 0 Å². The van der Waals surface area contributed by atoms with Gasteiger partial charge in [0.1, 0.15) is 0 Å². The Morgan fingerprint density at radius 3 is 2.33 bits per heavy atom. The molecule has 0 amide bonds. The molecule has 2 unspecified atom stereocenters. The van der Waals surface area contributed by atoms with E-state index in [0.717, 1.165) is 18.5 Å². The van der Waals surface area contributed by atoms with Gasteiger partial charge in [0.2, 0.25) is 0 Å². The first-order valence-corrected chi connectivity index (χ1v) is 16.6. The highest BCUT2D eigenvalue weighted by atomic mass is 14.6. The number of nitrogens with two attached hydrogens (primary N) is 1. The number of benzene rings is 5. The highest BCUT2D eigenvalue weighted by Crippen LogP contribution is 2.49. The Bertz CT molecular complexity index is 2340. The van der Waals surface area contributed by atoms with Crippen LogP contribution in [0.4, 0.5) is 0 Å². The average molecular weight is 592 g/mol. The van der Waals surface area contributed by atoms with E-state index in [1.54, 1.807) is 0 Å². The van der Waals surface area contributed by atoms with E-state index in [1.807, 2.05) is 0 Å². The molecule has 9 rings (SSSR count). The second-order valence-corrected chi connectivity index (χ2v) is 13.9. The second-order valence-electron chi connectivity index (χ2n) is 13.9. The van der Waals surface area contributed by atoms with Crippen molar-refractivity contribution in [2.45, 2.75) is 38.0 Å². The number of fused-ring (bicyclic) bond motifs is 7. The Balaban J connectivity index is 1.04. The molecule has 1 heteroatoms. The van der Waals surface area contributed by atoms with Crippen molar-refractivity contribution in [3.05, 3.63) is 177 Å². The number of allylic oxidation sites excluding steroid dienone is 8. The summed E-state index contributed by atoms with van der Waals surface area (Å²) in [4.78, 5) is 0. The van der Waals surface area contributed by atoms with Crippen molar-refractivity contribution in [1.29, 1.82) is 0 Å². The minimum absolute atomic E-state index is 0.0104. The van der Waals surface area contributed by atoms with Gasteiger partial charge in [0.25, 0.3) is 0 Å². The Kier molecular flexibility index (Phi) is 6.02. The molecule has 0 aliphatic heterocycles. The third kappa shape index (κ3) is 4.15. The van der Waals surface area contributed by atoms with Crippen LogP contribution in [0.15, 0.2) is 139 Å². The van der Waals surface area contributed by atoms with Crippen LogP contribution in [0.1, 0.15) is 60.4 Å². The highest BCUT2D eigenvalue weighted by Gasteiger charge is 2.35. The number of hydrogen-bond donors (Lipinski definition) is 1. The van der Waals surface area contributed by atoms with Gasteiger partial charge in [-0.1, -0.05) is 141 Å². The first-order chi connectivity index (χ1) is 22.5. The van der Waals surface area contributed by atoms with Crippen LogP contribution >= 0.6 is 0 Å². The lowest BCUT2D eigenvalue weighted by molar-refractivity contribution is 0.660. The molecule has 4 aliphatic rings. The zero-order valence-corrected chi connectivity index (χ0v) is 26.4. The predicted octanol–water partition coefficient (Wildman–Crippen LogP) is 9.16. The summed E-state index contributed by atoms with van der Waals surface area (Å²) < 4.78 is 0. The molecule has 1 nitrogen and oxygen atoms in total. The van der Waals surface area contributed by atoms with Crippen molar-refractivity contribution in [3.8, 4) is 11.1 Å². The molecule has 4 aliphatic carbocycles. The van der Waals surface area contributed by atoms with Crippen molar-refractivity contribution < 1.29 is 0 Å². The van der Waals surface area contributed by atoms with Crippen LogP contribution < -0.4 is 16.2 Å². The van der Waals surface area contributed by atoms with Gasteiger partial charge in [-0.15, -0.1) is 0 Å². The molecular formula is C45H37N. The van der Waals surface area contributed by atoms with Crippen LogP contribution in [0.3, 0.4) is 0 Å². The monoisotopic (exact) mass is 591 g/mol.